The molecule has 1 heteroatoms. The van der Waals surface area contributed by atoms with Gasteiger partial charge in [-0.1, -0.05) is 34.6 Å². The summed E-state index contributed by atoms with van der Waals surface area (Å²) in [5.41, 5.74) is 0.463. The van der Waals surface area contributed by atoms with Crippen molar-refractivity contribution in [3.8, 4) is 0 Å². The molecule has 1 nitrogen and oxygen atoms in total. The summed E-state index contributed by atoms with van der Waals surface area (Å²) in [4.78, 5) is 2.64. The zero-order valence-corrected chi connectivity index (χ0v) is 10.6. The fourth-order valence-electron chi connectivity index (χ4n) is 2.45. The highest BCUT2D eigenvalue weighted by atomic mass is 15.1. The SMILES string of the molecule is CC(C)C1CCN(CC(C)(C)C)CC1. The zero-order chi connectivity index (χ0) is 10.8. The summed E-state index contributed by atoms with van der Waals surface area (Å²) in [6.07, 6.45) is 2.82. The molecular weight excluding hydrogens is 170 g/mol. The molecular formula is C13H27N. The van der Waals surface area contributed by atoms with Crippen molar-refractivity contribution in [2.24, 2.45) is 17.3 Å². The molecule has 0 saturated carbocycles. The van der Waals surface area contributed by atoms with E-state index in [0.29, 0.717) is 5.41 Å². The van der Waals surface area contributed by atoms with Crippen LogP contribution in [0.3, 0.4) is 0 Å². The Hall–Kier alpha value is -0.0400. The van der Waals surface area contributed by atoms with E-state index in [1.54, 1.807) is 0 Å². The minimum absolute atomic E-state index is 0.463. The molecule has 0 aromatic heterocycles. The van der Waals surface area contributed by atoms with E-state index in [-0.39, 0.29) is 0 Å². The molecule has 0 bridgehead atoms. The Morgan fingerprint density at radius 3 is 2.00 bits per heavy atom. The van der Waals surface area contributed by atoms with Gasteiger partial charge in [-0.25, -0.2) is 0 Å². The molecule has 1 rings (SSSR count). The van der Waals surface area contributed by atoms with E-state index in [9.17, 15) is 0 Å². The van der Waals surface area contributed by atoms with Crippen LogP contribution in [0, 0.1) is 17.3 Å². The fourth-order valence-corrected chi connectivity index (χ4v) is 2.45. The van der Waals surface area contributed by atoms with Gasteiger partial charge in [-0.2, -0.15) is 0 Å². The number of hydrogen-bond acceptors (Lipinski definition) is 1. The van der Waals surface area contributed by atoms with Crippen LogP contribution in [0.4, 0.5) is 0 Å². The standard InChI is InChI=1S/C13H27N/c1-11(2)12-6-8-14(9-7-12)10-13(3,4)5/h11-12H,6-10H2,1-5H3. The molecule has 0 radical (unpaired) electrons. The molecule has 1 fully saturated rings. The highest BCUT2D eigenvalue weighted by molar-refractivity contribution is 4.77. The number of piperidine rings is 1. The van der Waals surface area contributed by atoms with E-state index in [2.05, 4.69) is 39.5 Å². The molecule has 0 aromatic carbocycles. The molecule has 1 aliphatic rings. The average Bonchev–Trinajstić information content (AvgIpc) is 2.02. The Balaban J connectivity index is 2.29. The molecule has 84 valence electrons. The lowest BCUT2D eigenvalue weighted by molar-refractivity contribution is 0.120. The smallest absolute Gasteiger partial charge is 0.00300 e. The van der Waals surface area contributed by atoms with Crippen LogP contribution in [0.25, 0.3) is 0 Å². The Labute approximate surface area is 89.9 Å². The van der Waals surface area contributed by atoms with Gasteiger partial charge in [0.05, 0.1) is 0 Å². The molecule has 0 aromatic rings. The summed E-state index contributed by atoms with van der Waals surface area (Å²) in [7, 11) is 0. The first-order valence-corrected chi connectivity index (χ1v) is 6.11. The van der Waals surface area contributed by atoms with Gasteiger partial charge < -0.3 is 4.90 Å². The summed E-state index contributed by atoms with van der Waals surface area (Å²) in [6, 6.07) is 0. The lowest BCUT2D eigenvalue weighted by Gasteiger charge is -2.37. The zero-order valence-electron chi connectivity index (χ0n) is 10.6. The first-order chi connectivity index (χ1) is 6.38. The first-order valence-electron chi connectivity index (χ1n) is 6.11. The summed E-state index contributed by atoms with van der Waals surface area (Å²) in [5, 5.41) is 0. The molecule has 0 aliphatic carbocycles. The van der Waals surface area contributed by atoms with Crippen molar-refractivity contribution >= 4 is 0 Å². The topological polar surface area (TPSA) is 3.24 Å². The van der Waals surface area contributed by atoms with Crippen LogP contribution in [0.15, 0.2) is 0 Å². The Bertz CT molecular complexity index is 159. The van der Waals surface area contributed by atoms with Crippen molar-refractivity contribution in [3.63, 3.8) is 0 Å². The molecule has 1 saturated heterocycles. The largest absolute Gasteiger partial charge is 0.303 e. The Kier molecular flexibility index (Phi) is 4.00. The number of hydrogen-bond donors (Lipinski definition) is 0. The van der Waals surface area contributed by atoms with Gasteiger partial charge in [0.25, 0.3) is 0 Å². The second kappa shape index (κ2) is 4.65. The molecule has 14 heavy (non-hydrogen) atoms. The van der Waals surface area contributed by atoms with Gasteiger partial charge in [0.1, 0.15) is 0 Å². The number of nitrogens with zero attached hydrogens (tertiary/aromatic N) is 1. The molecule has 1 aliphatic heterocycles. The number of rotatable bonds is 2. The second-order valence-electron chi connectivity index (χ2n) is 6.42. The second-order valence-corrected chi connectivity index (χ2v) is 6.42. The molecule has 0 amide bonds. The maximum Gasteiger partial charge on any atom is 0.00300 e. The van der Waals surface area contributed by atoms with Gasteiger partial charge in [-0.05, 0) is 43.2 Å². The van der Waals surface area contributed by atoms with Gasteiger partial charge in [0, 0.05) is 6.54 Å². The minimum Gasteiger partial charge on any atom is -0.303 e. The van der Waals surface area contributed by atoms with Crippen LogP contribution in [-0.2, 0) is 0 Å². The predicted molar refractivity (Wildman–Crippen MR) is 63.5 cm³/mol. The monoisotopic (exact) mass is 197 g/mol. The van der Waals surface area contributed by atoms with Gasteiger partial charge in [-0.15, -0.1) is 0 Å². The predicted octanol–water partition coefficient (Wildman–Crippen LogP) is 3.40. The van der Waals surface area contributed by atoms with Crippen molar-refractivity contribution in [2.45, 2.75) is 47.5 Å². The third kappa shape index (κ3) is 4.00. The molecule has 1 heterocycles. The van der Waals surface area contributed by atoms with Gasteiger partial charge in [0.2, 0.25) is 0 Å². The summed E-state index contributed by atoms with van der Waals surface area (Å²) >= 11 is 0. The first kappa shape index (κ1) is 12.0. The van der Waals surface area contributed by atoms with Crippen molar-refractivity contribution in [1.29, 1.82) is 0 Å². The Morgan fingerprint density at radius 1 is 1.14 bits per heavy atom. The lowest BCUT2D eigenvalue weighted by Crippen LogP contribution is -2.39. The third-order valence-corrected chi connectivity index (χ3v) is 3.27. The fraction of sp³-hybridized carbons (Fsp3) is 1.00. The van der Waals surface area contributed by atoms with E-state index in [1.165, 1.54) is 32.5 Å². The van der Waals surface area contributed by atoms with Crippen LogP contribution in [0.5, 0.6) is 0 Å². The van der Waals surface area contributed by atoms with E-state index < -0.39 is 0 Å². The lowest BCUT2D eigenvalue weighted by atomic mass is 9.85. The summed E-state index contributed by atoms with van der Waals surface area (Å²) < 4.78 is 0. The Morgan fingerprint density at radius 2 is 1.64 bits per heavy atom. The molecule has 0 unspecified atom stereocenters. The summed E-state index contributed by atoms with van der Waals surface area (Å²) in [6.45, 7) is 15.6. The van der Waals surface area contributed by atoms with Crippen molar-refractivity contribution in [2.75, 3.05) is 19.6 Å². The van der Waals surface area contributed by atoms with E-state index >= 15 is 0 Å². The van der Waals surface area contributed by atoms with Crippen LogP contribution in [0.2, 0.25) is 0 Å². The average molecular weight is 197 g/mol. The van der Waals surface area contributed by atoms with Gasteiger partial charge >= 0.3 is 0 Å². The van der Waals surface area contributed by atoms with Gasteiger partial charge in [-0.3, -0.25) is 0 Å². The molecule has 0 atom stereocenters. The highest BCUT2D eigenvalue weighted by Crippen LogP contribution is 2.26. The van der Waals surface area contributed by atoms with Crippen molar-refractivity contribution < 1.29 is 0 Å². The maximum absolute atomic E-state index is 2.64. The molecule has 0 spiro atoms. The van der Waals surface area contributed by atoms with E-state index in [1.807, 2.05) is 0 Å². The molecule has 0 N–H and O–H groups in total. The maximum atomic E-state index is 2.64. The van der Waals surface area contributed by atoms with Crippen molar-refractivity contribution in [1.82, 2.24) is 4.90 Å². The van der Waals surface area contributed by atoms with Gasteiger partial charge in [0.15, 0.2) is 0 Å². The van der Waals surface area contributed by atoms with Crippen LogP contribution in [-0.4, -0.2) is 24.5 Å². The van der Waals surface area contributed by atoms with E-state index in [4.69, 9.17) is 0 Å². The number of likely N-dealkylation sites (tertiary alicyclic amines) is 1. The van der Waals surface area contributed by atoms with Crippen molar-refractivity contribution in [3.05, 3.63) is 0 Å². The minimum atomic E-state index is 0.463. The third-order valence-electron chi connectivity index (χ3n) is 3.27. The normalized spacial score (nSPS) is 21.9. The highest BCUT2D eigenvalue weighted by Gasteiger charge is 2.24. The van der Waals surface area contributed by atoms with Crippen LogP contribution in [0.1, 0.15) is 47.5 Å². The quantitative estimate of drug-likeness (QED) is 0.656. The van der Waals surface area contributed by atoms with Crippen LogP contribution >= 0.6 is 0 Å². The summed E-state index contributed by atoms with van der Waals surface area (Å²) in [5.74, 6) is 1.86. The van der Waals surface area contributed by atoms with Crippen LogP contribution < -0.4 is 0 Å². The van der Waals surface area contributed by atoms with E-state index in [0.717, 1.165) is 11.8 Å².